The monoisotopic (exact) mass is 380 g/mol. The molecule has 28 heavy (non-hydrogen) atoms. The topological polar surface area (TPSA) is 32.8 Å². The lowest BCUT2D eigenvalue weighted by Crippen LogP contribution is -2.50. The molecule has 2 aromatic rings. The van der Waals surface area contributed by atoms with Gasteiger partial charge in [0.1, 0.15) is 5.60 Å². The predicted molar refractivity (Wildman–Crippen MR) is 113 cm³/mol. The first-order valence-electron chi connectivity index (χ1n) is 10.2. The average molecular weight is 381 g/mol. The van der Waals surface area contributed by atoms with E-state index in [-0.39, 0.29) is 11.9 Å². The normalized spacial score (nSPS) is 19.0. The van der Waals surface area contributed by atoms with Gasteiger partial charge in [0.05, 0.1) is 0 Å². The summed E-state index contributed by atoms with van der Waals surface area (Å²) in [6.07, 6.45) is 0.673. The van der Waals surface area contributed by atoms with Crippen LogP contribution in [0.3, 0.4) is 0 Å². The van der Waals surface area contributed by atoms with Gasteiger partial charge in [-0.3, -0.25) is 4.79 Å². The smallest absolute Gasteiger partial charge is 0.303 e. The summed E-state index contributed by atoms with van der Waals surface area (Å²) in [7, 11) is 2.17. The number of rotatable bonds is 7. The third kappa shape index (κ3) is 5.00. The molecular formula is C24H32N2O2. The van der Waals surface area contributed by atoms with Crippen molar-refractivity contribution in [3.8, 4) is 0 Å². The molecule has 0 saturated carbocycles. The van der Waals surface area contributed by atoms with E-state index in [2.05, 4.69) is 48.0 Å². The van der Waals surface area contributed by atoms with Crippen LogP contribution in [0.4, 0.5) is 0 Å². The van der Waals surface area contributed by atoms with Gasteiger partial charge >= 0.3 is 5.97 Å². The molecule has 0 amide bonds. The summed E-state index contributed by atoms with van der Waals surface area (Å²) in [5, 5.41) is 0. The van der Waals surface area contributed by atoms with Crippen molar-refractivity contribution in [2.24, 2.45) is 5.92 Å². The lowest BCUT2D eigenvalue weighted by molar-refractivity contribution is -0.166. The van der Waals surface area contributed by atoms with Gasteiger partial charge in [0.25, 0.3) is 0 Å². The molecule has 0 spiro atoms. The van der Waals surface area contributed by atoms with E-state index in [1.807, 2.05) is 36.4 Å². The highest BCUT2D eigenvalue weighted by atomic mass is 16.6. The Morgan fingerprint density at radius 2 is 1.57 bits per heavy atom. The van der Waals surface area contributed by atoms with E-state index < -0.39 is 5.60 Å². The largest absolute Gasteiger partial charge is 0.454 e. The van der Waals surface area contributed by atoms with E-state index in [1.54, 1.807) is 0 Å². The van der Waals surface area contributed by atoms with E-state index in [0.717, 1.165) is 38.3 Å². The van der Waals surface area contributed by atoms with Crippen molar-refractivity contribution in [2.75, 3.05) is 39.8 Å². The van der Waals surface area contributed by atoms with Crippen LogP contribution in [0.5, 0.6) is 0 Å². The predicted octanol–water partition coefficient (Wildman–Crippen LogP) is 3.57. The maximum absolute atomic E-state index is 12.2. The number of ether oxygens (including phenoxy) is 1. The Morgan fingerprint density at radius 3 is 2.14 bits per heavy atom. The van der Waals surface area contributed by atoms with Crippen LogP contribution in [0.25, 0.3) is 0 Å². The van der Waals surface area contributed by atoms with Crippen molar-refractivity contribution >= 4 is 5.97 Å². The minimum absolute atomic E-state index is 0.155. The van der Waals surface area contributed by atoms with Crippen molar-refractivity contribution in [2.45, 2.75) is 25.9 Å². The van der Waals surface area contributed by atoms with Crippen LogP contribution in [-0.2, 0) is 21.6 Å². The third-order valence-electron chi connectivity index (χ3n) is 5.82. The molecule has 1 saturated heterocycles. The molecule has 3 rings (SSSR count). The Hall–Kier alpha value is -2.17. The molecule has 0 radical (unpaired) electrons. The van der Waals surface area contributed by atoms with Gasteiger partial charge < -0.3 is 14.5 Å². The molecule has 0 unspecified atom stereocenters. The standard InChI is InChI=1S/C24H32N2O2/c1-20(19-26-16-14-25(3)15-17-26)24(28-21(2)27,23-12-8-5-9-13-23)18-22-10-6-4-7-11-22/h4-13,20H,14-19H2,1-3H3/t20-,24+/m1/s1. The number of esters is 1. The molecule has 150 valence electrons. The van der Waals surface area contributed by atoms with Crippen molar-refractivity contribution < 1.29 is 9.53 Å². The van der Waals surface area contributed by atoms with Gasteiger partial charge in [0, 0.05) is 52.0 Å². The SMILES string of the molecule is CC(=O)O[C@](Cc1ccccc1)(c1ccccc1)[C@H](C)CN1CCN(C)CC1. The van der Waals surface area contributed by atoms with E-state index in [1.165, 1.54) is 12.5 Å². The van der Waals surface area contributed by atoms with Gasteiger partial charge in [0.15, 0.2) is 0 Å². The highest BCUT2D eigenvalue weighted by Gasteiger charge is 2.42. The molecule has 0 N–H and O–H groups in total. The highest BCUT2D eigenvalue weighted by Crippen LogP contribution is 2.38. The molecule has 1 aliphatic rings. The zero-order valence-electron chi connectivity index (χ0n) is 17.3. The second kappa shape index (κ2) is 9.35. The summed E-state index contributed by atoms with van der Waals surface area (Å²) < 4.78 is 6.18. The molecular weight excluding hydrogens is 348 g/mol. The summed E-state index contributed by atoms with van der Waals surface area (Å²) in [6, 6.07) is 20.6. The van der Waals surface area contributed by atoms with Crippen molar-refractivity contribution in [1.29, 1.82) is 0 Å². The van der Waals surface area contributed by atoms with E-state index in [9.17, 15) is 4.79 Å². The summed E-state index contributed by atoms with van der Waals surface area (Å²) in [6.45, 7) is 8.91. The highest BCUT2D eigenvalue weighted by molar-refractivity contribution is 5.67. The maximum Gasteiger partial charge on any atom is 0.303 e. The molecule has 4 nitrogen and oxygen atoms in total. The number of nitrogens with zero attached hydrogens (tertiary/aromatic N) is 2. The first-order valence-corrected chi connectivity index (χ1v) is 10.2. The van der Waals surface area contributed by atoms with Crippen LogP contribution in [0.15, 0.2) is 60.7 Å². The fraction of sp³-hybridized carbons (Fsp3) is 0.458. The molecule has 1 heterocycles. The minimum atomic E-state index is -0.683. The third-order valence-corrected chi connectivity index (χ3v) is 5.82. The summed E-state index contributed by atoms with van der Waals surface area (Å²) >= 11 is 0. The average Bonchev–Trinajstić information content (AvgIpc) is 2.70. The van der Waals surface area contributed by atoms with Crippen LogP contribution < -0.4 is 0 Å². The van der Waals surface area contributed by atoms with Crippen molar-refractivity contribution in [3.05, 3.63) is 71.8 Å². The Bertz CT molecular complexity index is 742. The van der Waals surface area contributed by atoms with Crippen LogP contribution in [0.2, 0.25) is 0 Å². The fourth-order valence-electron chi connectivity index (χ4n) is 4.20. The Balaban J connectivity index is 1.94. The Morgan fingerprint density at radius 1 is 1.00 bits per heavy atom. The zero-order valence-corrected chi connectivity index (χ0v) is 17.3. The first-order chi connectivity index (χ1) is 13.5. The summed E-state index contributed by atoms with van der Waals surface area (Å²) in [4.78, 5) is 17.1. The van der Waals surface area contributed by atoms with E-state index in [0.29, 0.717) is 6.42 Å². The molecule has 0 aliphatic carbocycles. The molecule has 4 heteroatoms. The van der Waals surface area contributed by atoms with Gasteiger partial charge in [-0.15, -0.1) is 0 Å². The van der Waals surface area contributed by atoms with Crippen molar-refractivity contribution in [1.82, 2.24) is 9.80 Å². The summed E-state index contributed by atoms with van der Waals surface area (Å²) in [5.74, 6) is -0.0765. The number of carbonyl (C=O) groups excluding carboxylic acids is 1. The lowest BCUT2D eigenvalue weighted by Gasteiger charge is -2.42. The molecule has 1 aliphatic heterocycles. The number of hydrogen-bond acceptors (Lipinski definition) is 4. The second-order valence-electron chi connectivity index (χ2n) is 8.02. The van der Waals surface area contributed by atoms with Crippen LogP contribution in [-0.4, -0.2) is 55.5 Å². The number of piperazine rings is 1. The number of carbonyl (C=O) groups is 1. The number of likely N-dealkylation sites (N-methyl/N-ethyl adjacent to an activating group) is 1. The first kappa shape index (κ1) is 20.6. The van der Waals surface area contributed by atoms with E-state index >= 15 is 0 Å². The Labute approximate surface area is 169 Å². The molecule has 1 fully saturated rings. The van der Waals surface area contributed by atoms with Crippen LogP contribution in [0, 0.1) is 5.92 Å². The fourth-order valence-corrected chi connectivity index (χ4v) is 4.20. The zero-order chi connectivity index (χ0) is 20.0. The van der Waals surface area contributed by atoms with Gasteiger partial charge in [-0.25, -0.2) is 0 Å². The van der Waals surface area contributed by atoms with Crippen LogP contribution in [0.1, 0.15) is 25.0 Å². The van der Waals surface area contributed by atoms with E-state index in [4.69, 9.17) is 4.74 Å². The summed E-state index contributed by atoms with van der Waals surface area (Å²) in [5.41, 5.74) is 1.56. The van der Waals surface area contributed by atoms with Gasteiger partial charge in [-0.05, 0) is 18.2 Å². The maximum atomic E-state index is 12.2. The van der Waals surface area contributed by atoms with Gasteiger partial charge in [-0.1, -0.05) is 67.6 Å². The van der Waals surface area contributed by atoms with Crippen LogP contribution >= 0.6 is 0 Å². The quantitative estimate of drug-likeness (QED) is 0.688. The Kier molecular flexibility index (Phi) is 6.87. The molecule has 0 bridgehead atoms. The lowest BCUT2D eigenvalue weighted by atomic mass is 9.77. The number of benzene rings is 2. The minimum Gasteiger partial charge on any atom is -0.454 e. The second-order valence-corrected chi connectivity index (χ2v) is 8.02. The molecule has 0 aromatic heterocycles. The molecule has 2 atom stereocenters. The number of hydrogen-bond donors (Lipinski definition) is 0. The van der Waals surface area contributed by atoms with Gasteiger partial charge in [-0.2, -0.15) is 0 Å². The van der Waals surface area contributed by atoms with Gasteiger partial charge in [0.2, 0.25) is 0 Å². The van der Waals surface area contributed by atoms with Crippen molar-refractivity contribution in [3.63, 3.8) is 0 Å². The molecule has 2 aromatic carbocycles.